The average molecular weight is 295 g/mol. The highest BCUT2D eigenvalue weighted by Crippen LogP contribution is 2.07. The van der Waals surface area contributed by atoms with E-state index in [1.807, 2.05) is 47.4 Å². The van der Waals surface area contributed by atoms with E-state index >= 15 is 0 Å². The maximum Gasteiger partial charge on any atom is 0.236 e. The van der Waals surface area contributed by atoms with Crippen molar-refractivity contribution in [2.24, 2.45) is 5.73 Å². The summed E-state index contributed by atoms with van der Waals surface area (Å²) in [6.45, 7) is 2.24. The van der Waals surface area contributed by atoms with E-state index in [9.17, 15) is 4.79 Å². The van der Waals surface area contributed by atoms with Gasteiger partial charge < -0.3 is 11.1 Å². The van der Waals surface area contributed by atoms with Gasteiger partial charge >= 0.3 is 0 Å². The predicted molar refractivity (Wildman–Crippen MR) is 81.2 cm³/mol. The summed E-state index contributed by atoms with van der Waals surface area (Å²) >= 11 is 0. The molecule has 0 bridgehead atoms. The molecule has 0 saturated carbocycles. The molecule has 3 N–H and O–H groups in total. The third-order valence-electron chi connectivity index (χ3n) is 2.78. The van der Waals surface area contributed by atoms with Crippen molar-refractivity contribution in [3.63, 3.8) is 0 Å². The van der Waals surface area contributed by atoms with Crippen molar-refractivity contribution in [2.45, 2.75) is 19.4 Å². The van der Waals surface area contributed by atoms with Gasteiger partial charge in [-0.15, -0.1) is 12.4 Å². The van der Waals surface area contributed by atoms with Crippen molar-refractivity contribution in [3.05, 3.63) is 48.3 Å². The molecule has 0 aliphatic heterocycles. The van der Waals surface area contributed by atoms with Gasteiger partial charge in [-0.2, -0.15) is 5.10 Å². The number of amides is 1. The number of nitrogens with one attached hydrogen (secondary N) is 1. The molecule has 0 aliphatic rings. The summed E-state index contributed by atoms with van der Waals surface area (Å²) in [7, 11) is 0. The summed E-state index contributed by atoms with van der Waals surface area (Å²) in [6, 6.07) is 9.44. The standard InChI is InChI=1S/C14H18N4O.ClH/c1-11(15)14(19)16-8-7-12-9-17-18(10-12)13-5-3-2-4-6-13;/h2-6,9-11H,7-8,15H2,1H3,(H,16,19);1H/t11-;/m1./s1. The highest BCUT2D eigenvalue weighted by Gasteiger charge is 2.06. The molecule has 5 nitrogen and oxygen atoms in total. The zero-order valence-electron chi connectivity index (χ0n) is 11.3. The number of rotatable bonds is 5. The number of para-hydroxylation sites is 1. The lowest BCUT2D eigenvalue weighted by atomic mass is 10.2. The smallest absolute Gasteiger partial charge is 0.236 e. The van der Waals surface area contributed by atoms with E-state index in [0.717, 1.165) is 17.7 Å². The van der Waals surface area contributed by atoms with Crippen LogP contribution in [-0.2, 0) is 11.2 Å². The molecule has 2 rings (SSSR count). The molecule has 20 heavy (non-hydrogen) atoms. The number of carbonyl (C=O) groups is 1. The van der Waals surface area contributed by atoms with Gasteiger partial charge in [0.05, 0.1) is 17.9 Å². The Morgan fingerprint density at radius 3 is 2.75 bits per heavy atom. The number of aromatic nitrogens is 2. The van der Waals surface area contributed by atoms with Gasteiger partial charge in [0.25, 0.3) is 0 Å². The van der Waals surface area contributed by atoms with Gasteiger partial charge in [0, 0.05) is 12.7 Å². The van der Waals surface area contributed by atoms with E-state index in [4.69, 9.17) is 5.73 Å². The van der Waals surface area contributed by atoms with Gasteiger partial charge in [-0.1, -0.05) is 18.2 Å². The normalized spacial score (nSPS) is 11.5. The van der Waals surface area contributed by atoms with Crippen LogP contribution < -0.4 is 11.1 Å². The maximum absolute atomic E-state index is 11.3. The minimum absolute atomic E-state index is 0. The first-order valence-electron chi connectivity index (χ1n) is 6.29. The quantitative estimate of drug-likeness (QED) is 0.873. The first kappa shape index (κ1) is 16.2. The molecule has 1 aromatic carbocycles. The lowest BCUT2D eigenvalue weighted by Gasteiger charge is -2.06. The Labute approximate surface area is 124 Å². The average Bonchev–Trinajstić information content (AvgIpc) is 2.88. The van der Waals surface area contributed by atoms with Crippen molar-refractivity contribution in [3.8, 4) is 5.69 Å². The number of hydrogen-bond acceptors (Lipinski definition) is 3. The van der Waals surface area contributed by atoms with Crippen molar-refractivity contribution in [1.82, 2.24) is 15.1 Å². The third-order valence-corrected chi connectivity index (χ3v) is 2.78. The molecule has 108 valence electrons. The van der Waals surface area contributed by atoms with Crippen LogP contribution in [0.2, 0.25) is 0 Å². The van der Waals surface area contributed by atoms with Crippen LogP contribution in [-0.4, -0.2) is 28.3 Å². The Balaban J connectivity index is 0.00000200. The fourth-order valence-corrected chi connectivity index (χ4v) is 1.70. The number of halogens is 1. The number of nitrogens with zero attached hydrogens (tertiary/aromatic N) is 2. The number of nitrogens with two attached hydrogens (primary N) is 1. The summed E-state index contributed by atoms with van der Waals surface area (Å²) in [6.07, 6.45) is 4.52. The number of carbonyl (C=O) groups excluding carboxylic acids is 1. The second-order valence-electron chi connectivity index (χ2n) is 4.46. The Morgan fingerprint density at radius 1 is 1.40 bits per heavy atom. The number of benzene rings is 1. The van der Waals surface area contributed by atoms with E-state index in [2.05, 4.69) is 10.4 Å². The molecule has 0 saturated heterocycles. The molecular formula is C14H19ClN4O. The molecule has 1 atom stereocenters. The molecule has 2 aromatic rings. The summed E-state index contributed by atoms with van der Waals surface area (Å²) in [5.74, 6) is -0.129. The third kappa shape index (κ3) is 4.36. The van der Waals surface area contributed by atoms with Gasteiger partial charge in [-0.3, -0.25) is 4.79 Å². The molecule has 0 radical (unpaired) electrons. The van der Waals surface area contributed by atoms with Crippen LogP contribution in [0.15, 0.2) is 42.7 Å². The Hall–Kier alpha value is -1.85. The van der Waals surface area contributed by atoms with E-state index in [0.29, 0.717) is 6.54 Å². The van der Waals surface area contributed by atoms with Crippen LogP contribution in [0, 0.1) is 0 Å². The topological polar surface area (TPSA) is 72.9 Å². The summed E-state index contributed by atoms with van der Waals surface area (Å²) in [4.78, 5) is 11.3. The predicted octanol–water partition coefficient (Wildman–Crippen LogP) is 1.30. The second kappa shape index (κ2) is 7.67. The van der Waals surface area contributed by atoms with Crippen LogP contribution in [0.5, 0.6) is 0 Å². The van der Waals surface area contributed by atoms with E-state index in [-0.39, 0.29) is 18.3 Å². The summed E-state index contributed by atoms with van der Waals surface area (Å²) < 4.78 is 1.82. The van der Waals surface area contributed by atoms with Crippen LogP contribution in [0.1, 0.15) is 12.5 Å². The maximum atomic E-state index is 11.3. The highest BCUT2D eigenvalue weighted by atomic mass is 35.5. The van der Waals surface area contributed by atoms with E-state index in [1.54, 1.807) is 6.92 Å². The first-order chi connectivity index (χ1) is 9.16. The second-order valence-corrected chi connectivity index (χ2v) is 4.46. The van der Waals surface area contributed by atoms with Crippen molar-refractivity contribution in [2.75, 3.05) is 6.54 Å². The van der Waals surface area contributed by atoms with Crippen molar-refractivity contribution < 1.29 is 4.79 Å². The number of hydrogen-bond donors (Lipinski definition) is 2. The van der Waals surface area contributed by atoms with Gasteiger partial charge in [-0.05, 0) is 31.0 Å². The highest BCUT2D eigenvalue weighted by molar-refractivity contribution is 5.85. The van der Waals surface area contributed by atoms with Gasteiger partial charge in [0.15, 0.2) is 0 Å². The Kier molecular flexibility index (Phi) is 6.21. The molecular weight excluding hydrogens is 276 g/mol. The van der Waals surface area contributed by atoms with Gasteiger partial charge in [0.2, 0.25) is 5.91 Å². The molecule has 0 unspecified atom stereocenters. The van der Waals surface area contributed by atoms with E-state index < -0.39 is 6.04 Å². The fourth-order valence-electron chi connectivity index (χ4n) is 1.70. The SMILES string of the molecule is C[C@@H](N)C(=O)NCCc1cnn(-c2ccccc2)c1.Cl. The lowest BCUT2D eigenvalue weighted by molar-refractivity contribution is -0.121. The van der Waals surface area contributed by atoms with Gasteiger partial charge in [-0.25, -0.2) is 4.68 Å². The fraction of sp³-hybridized carbons (Fsp3) is 0.286. The van der Waals surface area contributed by atoms with Crippen LogP contribution in [0.4, 0.5) is 0 Å². The minimum Gasteiger partial charge on any atom is -0.354 e. The molecule has 0 aliphatic carbocycles. The molecule has 1 amide bonds. The molecule has 1 aromatic heterocycles. The monoisotopic (exact) mass is 294 g/mol. The molecule has 1 heterocycles. The molecule has 6 heteroatoms. The minimum atomic E-state index is -0.466. The zero-order valence-corrected chi connectivity index (χ0v) is 12.1. The van der Waals surface area contributed by atoms with Crippen LogP contribution in [0.3, 0.4) is 0 Å². The Bertz CT molecular complexity index is 539. The molecule has 0 fully saturated rings. The summed E-state index contributed by atoms with van der Waals surface area (Å²) in [5, 5.41) is 7.08. The van der Waals surface area contributed by atoms with Gasteiger partial charge in [0.1, 0.15) is 0 Å². The summed E-state index contributed by atoms with van der Waals surface area (Å²) in [5.41, 5.74) is 7.57. The zero-order chi connectivity index (χ0) is 13.7. The Morgan fingerprint density at radius 2 is 2.10 bits per heavy atom. The van der Waals surface area contributed by atoms with Crippen molar-refractivity contribution >= 4 is 18.3 Å². The van der Waals surface area contributed by atoms with Crippen molar-refractivity contribution in [1.29, 1.82) is 0 Å². The lowest BCUT2D eigenvalue weighted by Crippen LogP contribution is -2.39. The molecule has 0 spiro atoms. The first-order valence-corrected chi connectivity index (χ1v) is 6.29. The van der Waals surface area contributed by atoms with E-state index in [1.165, 1.54) is 0 Å². The van der Waals surface area contributed by atoms with Crippen LogP contribution in [0.25, 0.3) is 5.69 Å². The van der Waals surface area contributed by atoms with Crippen LogP contribution >= 0.6 is 12.4 Å². The largest absolute Gasteiger partial charge is 0.354 e.